The van der Waals surface area contributed by atoms with Gasteiger partial charge in [0.1, 0.15) is 32.6 Å². The third-order valence-electron chi connectivity index (χ3n) is 10.9. The van der Waals surface area contributed by atoms with Crippen LogP contribution in [0.5, 0.6) is 0 Å². The van der Waals surface area contributed by atoms with E-state index in [2.05, 4.69) is 52.3 Å². The van der Waals surface area contributed by atoms with E-state index < -0.39 is 89.7 Å². The van der Waals surface area contributed by atoms with Gasteiger partial charge in [0.05, 0.1) is 9.79 Å². The van der Waals surface area contributed by atoms with Gasteiger partial charge in [0.25, 0.3) is 64.1 Å². The number of rotatable bonds is 14. The maximum Gasteiger partial charge on any atom is 0.326 e. The smallest absolute Gasteiger partial charge is 0.321 e. The van der Waals surface area contributed by atoms with Crippen molar-refractivity contribution in [3.05, 3.63) is 108 Å². The molecule has 0 bridgehead atoms. The van der Waals surface area contributed by atoms with E-state index >= 15 is 0 Å². The first-order chi connectivity index (χ1) is 35.3. The van der Waals surface area contributed by atoms with Crippen molar-refractivity contribution in [1.82, 2.24) is 39.1 Å². The minimum absolute atomic E-state index is 0. The van der Waals surface area contributed by atoms with E-state index in [0.717, 1.165) is 43.0 Å². The van der Waals surface area contributed by atoms with Crippen LogP contribution in [-0.4, -0.2) is 172 Å². The van der Waals surface area contributed by atoms with Crippen LogP contribution >= 0.6 is 0 Å². The number of carbonyl (C=O) groups is 5. The third-order valence-corrected chi connectivity index (χ3v) is 14.3. The first-order valence-electron chi connectivity index (χ1n) is 20.9. The van der Waals surface area contributed by atoms with Gasteiger partial charge in [-0.2, -0.15) is 54.1 Å². The van der Waals surface area contributed by atoms with Crippen molar-refractivity contribution in [3.8, 4) is 0 Å². The van der Waals surface area contributed by atoms with Crippen LogP contribution in [0.3, 0.4) is 0 Å². The molecule has 0 aliphatic heterocycles. The Labute approximate surface area is 475 Å². The van der Waals surface area contributed by atoms with Crippen molar-refractivity contribution in [2.24, 2.45) is 28.2 Å². The summed E-state index contributed by atoms with van der Waals surface area (Å²) >= 11 is 0. The number of aryl methyl sites for hydroxylation is 4. The predicted molar refractivity (Wildman–Crippen MR) is 270 cm³/mol. The van der Waals surface area contributed by atoms with Crippen molar-refractivity contribution in [2.45, 2.75) is 19.6 Å². The second-order valence-electron chi connectivity index (χ2n) is 16.2. The Bertz CT molecular complexity index is 4030. The van der Waals surface area contributed by atoms with Crippen LogP contribution < -0.4 is 31.9 Å². The van der Waals surface area contributed by atoms with E-state index in [4.69, 9.17) is 0 Å². The number of benzene rings is 4. The van der Waals surface area contributed by atoms with Crippen molar-refractivity contribution >= 4 is 178 Å². The van der Waals surface area contributed by atoms with E-state index in [1.165, 1.54) is 76.7 Å². The largest absolute Gasteiger partial charge is 0.326 e. The average molecular weight is 1160 g/mol. The molecule has 0 fully saturated rings. The molecule has 0 aliphatic rings. The number of hydrogen-bond acceptors (Lipinski definition) is 17. The predicted octanol–water partition coefficient (Wildman–Crippen LogP) is 2.19. The van der Waals surface area contributed by atoms with Crippen LogP contribution in [0.1, 0.15) is 42.0 Å². The zero-order valence-electron chi connectivity index (χ0n) is 39.9. The fourth-order valence-electron chi connectivity index (χ4n) is 7.45. The Morgan fingerprint density at radius 1 is 0.390 bits per heavy atom. The second-order valence-corrected chi connectivity index (χ2v) is 21.8. The summed E-state index contributed by atoms with van der Waals surface area (Å²) in [7, 11) is -14.2. The number of anilines is 6. The number of carbonyl (C=O) groups excluding carboxylic acids is 5. The standard InChI is InChI=1S/C41H36N14O17S4.K/c1-52-27(37(56)42-21-7-5-19-9-23(73(61,62)63)13-31(25(19)11-21)75(67,68)69)15-33(48-52)44-39(58)29-17-35(50-54(29)3)46-41(60)47-36-18-30(55(4)51-36)40(59)45-34-16-28(53(2)49-34)38(57)43-22-8-6-20-10-24(74(64,65)66)14-32(26(20)12-22)76(70,71)72;/h5-18H,1-4H3,(H,42,56)(H,43,57)(H,44,48,58)(H,45,49,59)(H,61,62,63)(H,64,65,66)(H,67,68,69)(H,70,71,72)(H2,46,47,50,51,60);. The summed E-state index contributed by atoms with van der Waals surface area (Å²) in [6, 6.07) is 14.3. The molecule has 8 rings (SSSR count). The molecular formula is C41H36KN14O17S4. The first kappa shape index (κ1) is 57.4. The Hall–Kier alpha value is -7.33. The first-order valence-corrected chi connectivity index (χ1v) is 26.6. The van der Waals surface area contributed by atoms with E-state index in [1.807, 2.05) is 0 Å². The number of nitrogens with zero attached hydrogens (tertiary/aromatic N) is 8. The molecule has 0 saturated carbocycles. The maximum absolute atomic E-state index is 13.3. The van der Waals surface area contributed by atoms with E-state index in [0.29, 0.717) is 12.1 Å². The Morgan fingerprint density at radius 2 is 0.675 bits per heavy atom. The number of amides is 6. The molecule has 8 aromatic rings. The van der Waals surface area contributed by atoms with Crippen LogP contribution in [0.4, 0.5) is 39.4 Å². The normalized spacial score (nSPS) is 11.9. The third kappa shape index (κ3) is 12.8. The van der Waals surface area contributed by atoms with Gasteiger partial charge in [-0.1, -0.05) is 12.1 Å². The Morgan fingerprint density at radius 3 is 0.961 bits per heavy atom. The summed E-state index contributed by atoms with van der Waals surface area (Å²) in [5.41, 5.74) is -0.393. The molecule has 10 N–H and O–H groups in total. The minimum Gasteiger partial charge on any atom is -0.321 e. The van der Waals surface area contributed by atoms with Gasteiger partial charge in [0, 0.05) is 126 Å². The molecule has 0 saturated heterocycles. The summed E-state index contributed by atoms with van der Waals surface area (Å²) in [5.74, 6) is -3.60. The van der Waals surface area contributed by atoms with Crippen molar-refractivity contribution < 1.29 is 75.9 Å². The summed E-state index contributed by atoms with van der Waals surface area (Å²) in [5, 5.41) is 30.9. The summed E-state index contributed by atoms with van der Waals surface area (Å²) in [6.45, 7) is 0. The molecule has 397 valence electrons. The molecule has 0 spiro atoms. The summed E-state index contributed by atoms with van der Waals surface area (Å²) < 4.78 is 138. The van der Waals surface area contributed by atoms with Gasteiger partial charge in [0.15, 0.2) is 23.3 Å². The fraction of sp³-hybridized carbons (Fsp3) is 0.0976. The molecule has 4 aromatic carbocycles. The van der Waals surface area contributed by atoms with Gasteiger partial charge in [-0.25, -0.2) is 4.79 Å². The number of hydrogen-bond donors (Lipinski definition) is 10. The molecule has 31 nitrogen and oxygen atoms in total. The van der Waals surface area contributed by atoms with Crippen molar-refractivity contribution in [2.75, 3.05) is 31.9 Å². The number of aromatic nitrogens is 8. The van der Waals surface area contributed by atoms with Gasteiger partial charge < -0.3 is 21.3 Å². The van der Waals surface area contributed by atoms with Gasteiger partial charge in [-0.3, -0.25) is 66.7 Å². The van der Waals surface area contributed by atoms with Crippen LogP contribution in [0.2, 0.25) is 0 Å². The van der Waals surface area contributed by atoms with Gasteiger partial charge in [-0.05, 0) is 59.3 Å². The molecule has 0 atom stereocenters. The molecule has 36 heteroatoms. The van der Waals surface area contributed by atoms with E-state index in [1.54, 1.807) is 0 Å². The molecular weight excluding hydrogens is 1130 g/mol. The maximum atomic E-state index is 13.3. The molecule has 1 radical (unpaired) electrons. The van der Waals surface area contributed by atoms with Gasteiger partial charge >= 0.3 is 6.03 Å². The SMILES string of the molecule is Cn1nc(NC(=O)c2cc(NC(=O)Nc3cc(C(=O)Nc4cc(C(=O)Nc5ccc6cc(S(=O)(=O)O)cc(S(=O)(=O)O)c6c5)n(C)n4)n(C)n3)nn2C)cc1C(=O)Nc1ccc2cc(S(=O)(=O)O)cc(S(=O)(=O)O)c2c1.[K]. The van der Waals surface area contributed by atoms with Crippen LogP contribution in [0.25, 0.3) is 21.5 Å². The monoisotopic (exact) mass is 1160 g/mol. The molecule has 0 aliphatic carbocycles. The van der Waals surface area contributed by atoms with Gasteiger partial charge in [-0.15, -0.1) is 0 Å². The number of urea groups is 1. The Balaban J connectivity index is 0.00000861. The fourth-order valence-corrected chi connectivity index (χ4v) is 10.1. The molecule has 4 heterocycles. The minimum atomic E-state index is -5.02. The molecule has 77 heavy (non-hydrogen) atoms. The van der Waals surface area contributed by atoms with Gasteiger partial charge in [0.2, 0.25) is 0 Å². The summed E-state index contributed by atoms with van der Waals surface area (Å²) in [4.78, 5) is 62.9. The second kappa shape index (κ2) is 21.2. The zero-order valence-corrected chi connectivity index (χ0v) is 46.3. The van der Waals surface area contributed by atoms with Crippen LogP contribution in [0, 0.1) is 0 Å². The molecule has 0 unspecified atom stereocenters. The zero-order chi connectivity index (χ0) is 55.6. The van der Waals surface area contributed by atoms with E-state index in [-0.39, 0.29) is 130 Å². The average Bonchev–Trinajstić information content (AvgIpc) is 4.08. The molecule has 6 amide bonds. The Kier molecular flexibility index (Phi) is 15.8. The van der Waals surface area contributed by atoms with Crippen molar-refractivity contribution in [1.29, 1.82) is 0 Å². The topological polar surface area (TPSA) is 446 Å². The van der Waals surface area contributed by atoms with Crippen LogP contribution in [0.15, 0.2) is 105 Å². The quantitative estimate of drug-likeness (QED) is 0.0551. The van der Waals surface area contributed by atoms with Crippen molar-refractivity contribution in [3.63, 3.8) is 0 Å². The van der Waals surface area contributed by atoms with E-state index in [9.17, 15) is 75.9 Å². The number of fused-ring (bicyclic) bond motifs is 2. The summed E-state index contributed by atoms with van der Waals surface area (Å²) in [6.07, 6.45) is 0. The molecule has 4 aromatic heterocycles. The van der Waals surface area contributed by atoms with Crippen LogP contribution in [-0.2, 0) is 68.7 Å². The number of nitrogens with one attached hydrogen (secondary N) is 6.